The Morgan fingerprint density at radius 1 is 0.875 bits per heavy atom. The molecule has 1 spiro atoms. The number of amides is 1. The van der Waals surface area contributed by atoms with Gasteiger partial charge in [0.05, 0.1) is 6.04 Å². The van der Waals surface area contributed by atoms with Crippen molar-refractivity contribution < 1.29 is 14.4 Å². The average Bonchev–Trinajstić information content (AvgIpc) is 3.11. The molecule has 2 aromatic carbocycles. The van der Waals surface area contributed by atoms with E-state index in [0.717, 1.165) is 5.56 Å². The molecule has 0 bridgehead atoms. The standard InChI is InChI=1S/C20H17NO3/c22-16-12-7-13-20(16)17(14-8-3-1-4-9-14)21(19(24)18(20)23)15-10-5-2-6-11-15/h1-6,8-11,17H,7,12-13H2. The van der Waals surface area contributed by atoms with E-state index >= 15 is 0 Å². The van der Waals surface area contributed by atoms with E-state index < -0.39 is 23.1 Å². The Labute approximate surface area is 140 Å². The number of rotatable bonds is 2. The minimum atomic E-state index is -1.23. The van der Waals surface area contributed by atoms with Crippen LogP contribution < -0.4 is 4.90 Å². The Balaban J connectivity index is 1.94. The number of Topliss-reactive ketones (excluding diaryl/α,β-unsaturated/α-hetero) is 2. The molecule has 1 saturated heterocycles. The summed E-state index contributed by atoms with van der Waals surface area (Å²) in [4.78, 5) is 39.9. The van der Waals surface area contributed by atoms with Gasteiger partial charge in [-0.1, -0.05) is 48.5 Å². The number of hydrogen-bond donors (Lipinski definition) is 0. The number of hydrogen-bond acceptors (Lipinski definition) is 3. The summed E-state index contributed by atoms with van der Waals surface area (Å²) in [5.74, 6) is -1.24. The predicted octanol–water partition coefficient (Wildman–Crippen LogP) is 3.08. The second-order valence-electron chi connectivity index (χ2n) is 6.40. The number of anilines is 1. The molecule has 4 rings (SSSR count). The Morgan fingerprint density at radius 2 is 1.50 bits per heavy atom. The first-order valence-corrected chi connectivity index (χ1v) is 8.17. The average molecular weight is 319 g/mol. The number of nitrogens with zero attached hydrogens (tertiary/aromatic N) is 1. The van der Waals surface area contributed by atoms with Crippen molar-refractivity contribution in [3.05, 3.63) is 66.2 Å². The third-order valence-electron chi connectivity index (χ3n) is 5.17. The summed E-state index contributed by atoms with van der Waals surface area (Å²) < 4.78 is 0. The van der Waals surface area contributed by atoms with Crippen molar-refractivity contribution in [1.82, 2.24) is 0 Å². The molecule has 0 aromatic heterocycles. The molecule has 120 valence electrons. The molecule has 0 radical (unpaired) electrons. The predicted molar refractivity (Wildman–Crippen MR) is 89.4 cm³/mol. The number of ketones is 2. The number of benzene rings is 2. The fraction of sp³-hybridized carbons (Fsp3) is 0.250. The van der Waals surface area contributed by atoms with E-state index in [-0.39, 0.29) is 5.78 Å². The molecule has 1 saturated carbocycles. The summed E-state index contributed by atoms with van der Waals surface area (Å²) in [6.45, 7) is 0. The lowest BCUT2D eigenvalue weighted by Crippen LogP contribution is -2.38. The van der Waals surface area contributed by atoms with Crippen molar-refractivity contribution >= 4 is 23.2 Å². The lowest BCUT2D eigenvalue weighted by Gasteiger charge is -2.32. The molecule has 1 aliphatic heterocycles. The van der Waals surface area contributed by atoms with Gasteiger partial charge < -0.3 is 0 Å². The largest absolute Gasteiger partial charge is 0.298 e. The maximum Gasteiger partial charge on any atom is 0.296 e. The lowest BCUT2D eigenvalue weighted by atomic mass is 9.74. The summed E-state index contributed by atoms with van der Waals surface area (Å²) in [7, 11) is 0. The highest BCUT2D eigenvalue weighted by molar-refractivity contribution is 6.50. The summed E-state index contributed by atoms with van der Waals surface area (Å²) >= 11 is 0. The molecule has 2 aliphatic rings. The molecule has 1 amide bonds. The van der Waals surface area contributed by atoms with E-state index in [4.69, 9.17) is 0 Å². The Morgan fingerprint density at radius 3 is 2.08 bits per heavy atom. The molecular formula is C20H17NO3. The smallest absolute Gasteiger partial charge is 0.296 e. The molecule has 2 atom stereocenters. The topological polar surface area (TPSA) is 54.5 Å². The lowest BCUT2D eigenvalue weighted by molar-refractivity contribution is -0.143. The van der Waals surface area contributed by atoms with Gasteiger partial charge in [0.2, 0.25) is 5.78 Å². The molecule has 1 heterocycles. The van der Waals surface area contributed by atoms with Crippen LogP contribution in [0.2, 0.25) is 0 Å². The molecule has 0 N–H and O–H groups in total. The third-order valence-corrected chi connectivity index (χ3v) is 5.17. The van der Waals surface area contributed by atoms with Gasteiger partial charge in [-0.25, -0.2) is 0 Å². The van der Waals surface area contributed by atoms with Crippen molar-refractivity contribution in [3.63, 3.8) is 0 Å². The van der Waals surface area contributed by atoms with Crippen LogP contribution in [-0.4, -0.2) is 17.5 Å². The van der Waals surface area contributed by atoms with E-state index in [0.29, 0.717) is 24.9 Å². The quantitative estimate of drug-likeness (QED) is 0.631. The van der Waals surface area contributed by atoms with Gasteiger partial charge >= 0.3 is 0 Å². The SMILES string of the molecule is O=C1C(=O)C2(CCCC2=O)C(c2ccccc2)N1c1ccccc1. The molecule has 1 aliphatic carbocycles. The Bertz CT molecular complexity index is 815. The van der Waals surface area contributed by atoms with Crippen molar-refractivity contribution in [1.29, 1.82) is 0 Å². The van der Waals surface area contributed by atoms with Crippen LogP contribution in [0, 0.1) is 5.41 Å². The van der Waals surface area contributed by atoms with Crippen LogP contribution in [0.4, 0.5) is 5.69 Å². The van der Waals surface area contributed by atoms with Gasteiger partial charge in [-0.15, -0.1) is 0 Å². The van der Waals surface area contributed by atoms with Gasteiger partial charge in [0.25, 0.3) is 5.91 Å². The van der Waals surface area contributed by atoms with Crippen LogP contribution in [-0.2, 0) is 14.4 Å². The number of carbonyl (C=O) groups is 3. The van der Waals surface area contributed by atoms with Gasteiger partial charge in [-0.3, -0.25) is 19.3 Å². The number of para-hydroxylation sites is 1. The molecule has 2 unspecified atom stereocenters. The first kappa shape index (κ1) is 14.8. The molecule has 4 nitrogen and oxygen atoms in total. The normalized spacial score (nSPS) is 26.6. The van der Waals surface area contributed by atoms with Crippen molar-refractivity contribution in [3.8, 4) is 0 Å². The van der Waals surface area contributed by atoms with Gasteiger partial charge in [-0.2, -0.15) is 0 Å². The van der Waals surface area contributed by atoms with E-state index in [1.54, 1.807) is 12.1 Å². The van der Waals surface area contributed by atoms with Gasteiger partial charge in [-0.05, 0) is 30.5 Å². The fourth-order valence-electron chi connectivity index (χ4n) is 4.11. The molecule has 2 aromatic rings. The number of carbonyl (C=O) groups excluding carboxylic acids is 3. The highest BCUT2D eigenvalue weighted by Gasteiger charge is 2.65. The van der Waals surface area contributed by atoms with E-state index in [2.05, 4.69) is 0 Å². The molecule has 4 heteroatoms. The van der Waals surface area contributed by atoms with Crippen LogP contribution in [0.1, 0.15) is 30.9 Å². The third kappa shape index (κ3) is 1.89. The maximum atomic E-state index is 12.9. The zero-order valence-electron chi connectivity index (χ0n) is 13.1. The van der Waals surface area contributed by atoms with Crippen LogP contribution in [0.5, 0.6) is 0 Å². The van der Waals surface area contributed by atoms with Crippen LogP contribution >= 0.6 is 0 Å². The summed E-state index contributed by atoms with van der Waals surface area (Å²) in [5.41, 5.74) is 0.256. The minimum Gasteiger partial charge on any atom is -0.298 e. The van der Waals surface area contributed by atoms with Crippen LogP contribution in [0.25, 0.3) is 0 Å². The molecule has 24 heavy (non-hydrogen) atoms. The zero-order chi connectivity index (χ0) is 16.7. The first-order valence-electron chi connectivity index (χ1n) is 8.17. The van der Waals surface area contributed by atoms with Gasteiger partial charge in [0, 0.05) is 12.1 Å². The minimum absolute atomic E-state index is 0.104. The van der Waals surface area contributed by atoms with Crippen molar-refractivity contribution in [2.45, 2.75) is 25.3 Å². The van der Waals surface area contributed by atoms with Crippen LogP contribution in [0.15, 0.2) is 60.7 Å². The second kappa shape index (κ2) is 5.41. The monoisotopic (exact) mass is 319 g/mol. The zero-order valence-corrected chi connectivity index (χ0v) is 13.1. The second-order valence-corrected chi connectivity index (χ2v) is 6.40. The van der Waals surface area contributed by atoms with E-state index in [1.807, 2.05) is 48.5 Å². The molecular weight excluding hydrogens is 302 g/mol. The maximum absolute atomic E-state index is 12.9. The van der Waals surface area contributed by atoms with Crippen LogP contribution in [0.3, 0.4) is 0 Å². The van der Waals surface area contributed by atoms with Gasteiger partial charge in [0.1, 0.15) is 11.2 Å². The summed E-state index contributed by atoms with van der Waals surface area (Å²) in [5, 5.41) is 0. The fourth-order valence-corrected chi connectivity index (χ4v) is 4.11. The Hall–Kier alpha value is -2.75. The highest BCUT2D eigenvalue weighted by atomic mass is 16.2. The highest BCUT2D eigenvalue weighted by Crippen LogP contribution is 2.54. The summed E-state index contributed by atoms with van der Waals surface area (Å²) in [6.07, 6.45) is 1.47. The first-order chi connectivity index (χ1) is 11.7. The van der Waals surface area contributed by atoms with E-state index in [9.17, 15) is 14.4 Å². The Kier molecular flexibility index (Phi) is 3.34. The van der Waals surface area contributed by atoms with Gasteiger partial charge in [0.15, 0.2) is 0 Å². The van der Waals surface area contributed by atoms with E-state index in [1.165, 1.54) is 4.90 Å². The molecule has 2 fully saturated rings. The summed E-state index contributed by atoms with van der Waals surface area (Å²) in [6, 6.07) is 18.0. The van der Waals surface area contributed by atoms with Crippen molar-refractivity contribution in [2.24, 2.45) is 5.41 Å². The van der Waals surface area contributed by atoms with Crippen molar-refractivity contribution in [2.75, 3.05) is 4.90 Å².